The zero-order chi connectivity index (χ0) is 15.8. The molecule has 0 saturated carbocycles. The Morgan fingerprint density at radius 3 is 2.43 bits per heavy atom. The molecule has 0 heterocycles. The summed E-state index contributed by atoms with van der Waals surface area (Å²) < 4.78 is 0. The number of aliphatic hydroxyl groups is 1. The summed E-state index contributed by atoms with van der Waals surface area (Å²) in [6.45, 7) is 2.21. The molecule has 0 aliphatic rings. The van der Waals surface area contributed by atoms with Gasteiger partial charge in [0.15, 0.2) is 0 Å². The van der Waals surface area contributed by atoms with Crippen molar-refractivity contribution in [2.24, 2.45) is 0 Å². The molecule has 122 valence electrons. The Kier molecular flexibility index (Phi) is 14.5. The van der Waals surface area contributed by atoms with Gasteiger partial charge in [-0.15, -0.1) is 0 Å². The number of carboxylic acids is 1. The van der Waals surface area contributed by atoms with Crippen molar-refractivity contribution in [3.63, 3.8) is 0 Å². The van der Waals surface area contributed by atoms with Crippen molar-refractivity contribution in [1.82, 2.24) is 0 Å². The second-order valence-electron chi connectivity index (χ2n) is 5.58. The molecule has 0 aliphatic heterocycles. The van der Waals surface area contributed by atoms with Gasteiger partial charge < -0.3 is 10.2 Å². The average molecular weight is 296 g/mol. The molecule has 0 rings (SSSR count). The van der Waals surface area contributed by atoms with E-state index < -0.39 is 5.97 Å². The first-order valence-corrected chi connectivity index (χ1v) is 8.40. The molecule has 1 atom stereocenters. The van der Waals surface area contributed by atoms with Crippen molar-refractivity contribution in [2.45, 2.75) is 83.7 Å². The normalized spacial score (nSPS) is 13.2. The van der Waals surface area contributed by atoms with Crippen LogP contribution >= 0.6 is 0 Å². The number of unbranched alkanes of at least 4 members (excludes halogenated alkanes) is 7. The van der Waals surface area contributed by atoms with E-state index in [1.165, 1.54) is 25.7 Å². The Bertz CT molecular complexity index is 295. The fourth-order valence-electron chi connectivity index (χ4n) is 2.14. The minimum absolute atomic E-state index is 0.255. The van der Waals surface area contributed by atoms with E-state index in [1.54, 1.807) is 0 Å². The highest BCUT2D eigenvalue weighted by Gasteiger charge is 1.99. The minimum Gasteiger partial charge on any atom is -0.481 e. The Hall–Kier alpha value is -1.09. The summed E-state index contributed by atoms with van der Waals surface area (Å²) in [5, 5.41) is 18.3. The van der Waals surface area contributed by atoms with E-state index in [9.17, 15) is 9.90 Å². The molecule has 0 fully saturated rings. The highest BCUT2D eigenvalue weighted by molar-refractivity contribution is 5.66. The summed E-state index contributed by atoms with van der Waals surface area (Å²) in [6.07, 6.45) is 18.4. The summed E-state index contributed by atoms with van der Waals surface area (Å²) in [6, 6.07) is 0. The number of carboxylic acid groups (broad SMARTS) is 1. The minimum atomic E-state index is -0.723. The second-order valence-corrected chi connectivity index (χ2v) is 5.58. The lowest BCUT2D eigenvalue weighted by molar-refractivity contribution is -0.137. The Balaban J connectivity index is 3.43. The quantitative estimate of drug-likeness (QED) is 0.355. The molecule has 0 amide bonds. The highest BCUT2D eigenvalue weighted by atomic mass is 16.4. The van der Waals surface area contributed by atoms with E-state index in [4.69, 9.17) is 5.11 Å². The van der Waals surface area contributed by atoms with E-state index in [0.717, 1.165) is 38.5 Å². The van der Waals surface area contributed by atoms with Crippen LogP contribution < -0.4 is 0 Å². The lowest BCUT2D eigenvalue weighted by atomic mass is 10.1. The number of hydrogen-bond donors (Lipinski definition) is 2. The van der Waals surface area contributed by atoms with Gasteiger partial charge in [-0.2, -0.15) is 0 Å². The van der Waals surface area contributed by atoms with Gasteiger partial charge >= 0.3 is 5.97 Å². The van der Waals surface area contributed by atoms with E-state index in [1.807, 2.05) is 18.2 Å². The van der Waals surface area contributed by atoms with Gasteiger partial charge in [-0.3, -0.25) is 4.79 Å². The molecule has 3 nitrogen and oxygen atoms in total. The molecule has 0 radical (unpaired) electrons. The first kappa shape index (κ1) is 19.9. The van der Waals surface area contributed by atoms with Crippen LogP contribution in [0.5, 0.6) is 0 Å². The predicted octanol–water partition coefficient (Wildman–Crippen LogP) is 4.86. The van der Waals surface area contributed by atoms with E-state index in [0.29, 0.717) is 0 Å². The first-order valence-electron chi connectivity index (χ1n) is 8.40. The third kappa shape index (κ3) is 16.9. The lowest BCUT2D eigenvalue weighted by Crippen LogP contribution is -2.01. The van der Waals surface area contributed by atoms with Crippen LogP contribution in [0.4, 0.5) is 0 Å². The summed E-state index contributed by atoms with van der Waals surface area (Å²) in [5.74, 6) is -0.723. The number of allylic oxidation sites excluding steroid dienone is 3. The van der Waals surface area contributed by atoms with Crippen molar-refractivity contribution in [3.8, 4) is 0 Å². The fraction of sp³-hybridized carbons (Fsp3) is 0.722. The molecular formula is C18H32O3. The van der Waals surface area contributed by atoms with E-state index >= 15 is 0 Å². The van der Waals surface area contributed by atoms with Crippen LogP contribution in [0.2, 0.25) is 0 Å². The van der Waals surface area contributed by atoms with Gasteiger partial charge in [0.05, 0.1) is 6.10 Å². The molecule has 0 aliphatic carbocycles. The summed E-state index contributed by atoms with van der Waals surface area (Å²) in [5.41, 5.74) is 0. The summed E-state index contributed by atoms with van der Waals surface area (Å²) >= 11 is 0. The zero-order valence-corrected chi connectivity index (χ0v) is 13.5. The third-order valence-corrected chi connectivity index (χ3v) is 3.45. The van der Waals surface area contributed by atoms with Crippen molar-refractivity contribution in [1.29, 1.82) is 0 Å². The number of carbonyl (C=O) groups is 1. The van der Waals surface area contributed by atoms with Crippen LogP contribution in [0, 0.1) is 0 Å². The molecule has 0 saturated heterocycles. The lowest BCUT2D eigenvalue weighted by Gasteiger charge is -2.04. The standard InChI is InChI=1S/C18H32O3/c1-2-3-4-5-6-7-8-11-14-17(19)15-12-9-10-13-16-18(20)21/h7-8,11,14,17,19H,2-6,9-10,12-13,15-16H2,1H3,(H,20,21)/b8-7-,14-11+/t17-/m0/s1. The largest absolute Gasteiger partial charge is 0.481 e. The van der Waals surface area contributed by atoms with Gasteiger partial charge in [0.25, 0.3) is 0 Å². The summed E-state index contributed by atoms with van der Waals surface area (Å²) in [7, 11) is 0. The third-order valence-electron chi connectivity index (χ3n) is 3.45. The molecule has 0 spiro atoms. The highest BCUT2D eigenvalue weighted by Crippen LogP contribution is 2.08. The molecule has 3 heteroatoms. The molecule has 0 aromatic rings. The molecule has 0 bridgehead atoms. The van der Waals surface area contributed by atoms with Crippen molar-refractivity contribution in [3.05, 3.63) is 24.3 Å². The van der Waals surface area contributed by atoms with Gasteiger partial charge in [0, 0.05) is 6.42 Å². The smallest absolute Gasteiger partial charge is 0.303 e. The topological polar surface area (TPSA) is 57.5 Å². The average Bonchev–Trinajstić information content (AvgIpc) is 2.45. The van der Waals surface area contributed by atoms with Gasteiger partial charge in [0.1, 0.15) is 0 Å². The maximum atomic E-state index is 10.3. The first-order chi connectivity index (χ1) is 10.2. The number of aliphatic hydroxyl groups excluding tert-OH is 1. The second kappa shape index (κ2) is 15.3. The van der Waals surface area contributed by atoms with Crippen molar-refractivity contribution >= 4 is 5.97 Å². The molecule has 2 N–H and O–H groups in total. The van der Waals surface area contributed by atoms with Crippen LogP contribution in [0.1, 0.15) is 77.6 Å². The number of rotatable bonds is 14. The maximum absolute atomic E-state index is 10.3. The Morgan fingerprint density at radius 2 is 1.71 bits per heavy atom. The molecule has 0 aromatic carbocycles. The Morgan fingerprint density at radius 1 is 1.00 bits per heavy atom. The van der Waals surface area contributed by atoms with Gasteiger partial charge in [0.2, 0.25) is 0 Å². The summed E-state index contributed by atoms with van der Waals surface area (Å²) in [4.78, 5) is 10.3. The van der Waals surface area contributed by atoms with Crippen LogP contribution in [0.15, 0.2) is 24.3 Å². The van der Waals surface area contributed by atoms with Crippen LogP contribution in [0.3, 0.4) is 0 Å². The number of hydrogen-bond acceptors (Lipinski definition) is 2. The number of aliphatic carboxylic acids is 1. The van der Waals surface area contributed by atoms with Gasteiger partial charge in [-0.05, 0) is 25.7 Å². The van der Waals surface area contributed by atoms with Crippen LogP contribution in [-0.2, 0) is 4.79 Å². The fourth-order valence-corrected chi connectivity index (χ4v) is 2.14. The van der Waals surface area contributed by atoms with E-state index in [2.05, 4.69) is 13.0 Å². The zero-order valence-electron chi connectivity index (χ0n) is 13.5. The predicted molar refractivity (Wildman–Crippen MR) is 88.4 cm³/mol. The monoisotopic (exact) mass is 296 g/mol. The van der Waals surface area contributed by atoms with Crippen LogP contribution in [0.25, 0.3) is 0 Å². The van der Waals surface area contributed by atoms with Crippen molar-refractivity contribution < 1.29 is 15.0 Å². The molecule has 0 unspecified atom stereocenters. The molecule has 0 aromatic heterocycles. The molecular weight excluding hydrogens is 264 g/mol. The van der Waals surface area contributed by atoms with Gasteiger partial charge in [-0.1, -0.05) is 69.8 Å². The molecule has 21 heavy (non-hydrogen) atoms. The van der Waals surface area contributed by atoms with Gasteiger partial charge in [-0.25, -0.2) is 0 Å². The van der Waals surface area contributed by atoms with Crippen LogP contribution in [-0.4, -0.2) is 22.3 Å². The van der Waals surface area contributed by atoms with Crippen molar-refractivity contribution in [2.75, 3.05) is 0 Å². The van der Waals surface area contributed by atoms with E-state index in [-0.39, 0.29) is 12.5 Å². The SMILES string of the molecule is CCCCCC/C=C\C=C\[C@H](O)CCCCCCC(=O)O. The Labute approximate surface area is 129 Å². The maximum Gasteiger partial charge on any atom is 0.303 e.